The summed E-state index contributed by atoms with van der Waals surface area (Å²) in [5.74, 6) is -0.519. The van der Waals surface area contributed by atoms with Crippen LogP contribution in [0.4, 0.5) is 13.2 Å². The minimum Gasteiger partial charge on any atom is -0.406 e. The van der Waals surface area contributed by atoms with Crippen LogP contribution in [0.25, 0.3) is 21.8 Å². The Morgan fingerprint density at radius 2 is 1.71 bits per heavy atom. The summed E-state index contributed by atoms with van der Waals surface area (Å²) in [5, 5.41) is 13.3. The molecular weight excluding hydrogens is 483 g/mol. The molecule has 0 amide bonds. The fraction of sp³-hybridized carbons (Fsp3) is 0.292. The molecule has 1 unspecified atom stereocenters. The zero-order valence-corrected chi connectivity index (χ0v) is 19.1. The number of aliphatic hydroxyl groups is 1. The summed E-state index contributed by atoms with van der Waals surface area (Å²) in [4.78, 5) is 4.02. The molecule has 1 aliphatic carbocycles. The molecule has 1 saturated carbocycles. The minimum absolute atomic E-state index is 0.220. The number of ether oxygens (including phenoxy) is 1. The van der Waals surface area contributed by atoms with Crippen molar-refractivity contribution < 1.29 is 31.4 Å². The Kier molecular flexibility index (Phi) is 5.94. The van der Waals surface area contributed by atoms with Gasteiger partial charge >= 0.3 is 6.36 Å². The summed E-state index contributed by atoms with van der Waals surface area (Å²) >= 11 is 0. The minimum atomic E-state index is -4.87. The van der Waals surface area contributed by atoms with Crippen LogP contribution in [-0.4, -0.2) is 41.6 Å². The standard InChI is InChI=1S/C24H22F3N3O4S/c25-24(26,27)34-15-8-10-16(11-9-15)35(32,33)29-19-5-3-7-21(23(19)31)30-20-6-2-1-4-17(20)18-12-13-28-14-22(18)30/h1-2,4,6,8-14,19,21,23,29,31H,3,5,7H2/t19-,21?,23+/m0/s1. The van der Waals surface area contributed by atoms with E-state index in [0.717, 1.165) is 46.1 Å². The number of aliphatic hydroxyl groups excluding tert-OH is 1. The molecule has 7 nitrogen and oxygen atoms in total. The van der Waals surface area contributed by atoms with Crippen molar-refractivity contribution in [1.29, 1.82) is 0 Å². The zero-order valence-electron chi connectivity index (χ0n) is 18.3. The SMILES string of the molecule is O=S(=O)(N[C@H]1CCCC(n2c3ccccc3c3ccncc32)[C@@H]1O)c1ccc(OC(F)(F)F)cc1. The van der Waals surface area contributed by atoms with Crippen molar-refractivity contribution in [2.24, 2.45) is 0 Å². The van der Waals surface area contributed by atoms with Crippen LogP contribution in [0.3, 0.4) is 0 Å². The molecule has 5 rings (SSSR count). The van der Waals surface area contributed by atoms with E-state index in [-0.39, 0.29) is 4.90 Å². The molecule has 0 radical (unpaired) electrons. The van der Waals surface area contributed by atoms with Gasteiger partial charge < -0.3 is 14.4 Å². The fourth-order valence-corrected chi connectivity index (χ4v) is 6.15. The number of aromatic nitrogens is 2. The smallest absolute Gasteiger partial charge is 0.406 e. The molecule has 2 aromatic heterocycles. The summed E-state index contributed by atoms with van der Waals surface area (Å²) in [6.07, 6.45) is -0.735. The molecule has 2 heterocycles. The Morgan fingerprint density at radius 1 is 1.00 bits per heavy atom. The van der Waals surface area contributed by atoms with Gasteiger partial charge in [-0.3, -0.25) is 4.98 Å². The van der Waals surface area contributed by atoms with E-state index in [1.807, 2.05) is 34.9 Å². The zero-order chi connectivity index (χ0) is 24.8. The van der Waals surface area contributed by atoms with Crippen LogP contribution in [0.5, 0.6) is 5.75 Å². The first-order valence-electron chi connectivity index (χ1n) is 11.0. The second-order valence-electron chi connectivity index (χ2n) is 8.52. The largest absolute Gasteiger partial charge is 0.573 e. The van der Waals surface area contributed by atoms with E-state index in [4.69, 9.17) is 0 Å². The quantitative estimate of drug-likeness (QED) is 0.416. The van der Waals surface area contributed by atoms with Gasteiger partial charge in [0.2, 0.25) is 10.0 Å². The van der Waals surface area contributed by atoms with Crippen LogP contribution in [0, 0.1) is 0 Å². The van der Waals surface area contributed by atoms with Gasteiger partial charge in [-0.2, -0.15) is 0 Å². The van der Waals surface area contributed by atoms with Crippen molar-refractivity contribution in [2.45, 2.75) is 48.7 Å². The highest BCUT2D eigenvalue weighted by molar-refractivity contribution is 7.89. The predicted molar refractivity (Wildman–Crippen MR) is 123 cm³/mol. The average Bonchev–Trinajstić information content (AvgIpc) is 3.14. The summed E-state index contributed by atoms with van der Waals surface area (Å²) in [5.41, 5.74) is 1.77. The van der Waals surface area contributed by atoms with Crippen LogP contribution in [0.1, 0.15) is 25.3 Å². The van der Waals surface area contributed by atoms with Crippen molar-refractivity contribution in [1.82, 2.24) is 14.3 Å². The van der Waals surface area contributed by atoms with Gasteiger partial charge in [0.25, 0.3) is 0 Å². The van der Waals surface area contributed by atoms with E-state index in [1.165, 1.54) is 0 Å². The van der Waals surface area contributed by atoms with E-state index < -0.39 is 40.3 Å². The summed E-state index contributed by atoms with van der Waals surface area (Å²) in [6, 6.07) is 12.5. The maximum Gasteiger partial charge on any atom is 0.573 e. The van der Waals surface area contributed by atoms with Gasteiger partial charge in [-0.25, -0.2) is 13.1 Å². The fourth-order valence-electron chi connectivity index (χ4n) is 4.86. The van der Waals surface area contributed by atoms with Crippen LogP contribution in [-0.2, 0) is 10.0 Å². The number of hydrogen-bond donors (Lipinski definition) is 2. The number of rotatable bonds is 5. The Labute approximate surface area is 199 Å². The molecular formula is C24H22F3N3O4S. The topological polar surface area (TPSA) is 93.5 Å². The lowest BCUT2D eigenvalue weighted by Crippen LogP contribution is -2.49. The predicted octanol–water partition coefficient (Wildman–Crippen LogP) is 4.52. The Hall–Kier alpha value is -3.15. The highest BCUT2D eigenvalue weighted by Gasteiger charge is 2.37. The van der Waals surface area contributed by atoms with E-state index in [1.54, 1.807) is 12.4 Å². The molecule has 11 heteroatoms. The first-order chi connectivity index (χ1) is 16.6. The van der Waals surface area contributed by atoms with Gasteiger partial charge in [-0.15, -0.1) is 13.2 Å². The number of nitrogens with one attached hydrogen (secondary N) is 1. The molecule has 0 saturated heterocycles. The highest BCUT2D eigenvalue weighted by atomic mass is 32.2. The van der Waals surface area contributed by atoms with Gasteiger partial charge in [0.1, 0.15) is 5.75 Å². The van der Waals surface area contributed by atoms with Crippen molar-refractivity contribution in [3.63, 3.8) is 0 Å². The van der Waals surface area contributed by atoms with E-state index in [2.05, 4.69) is 14.4 Å². The molecule has 0 bridgehead atoms. The molecule has 184 valence electrons. The molecule has 1 fully saturated rings. The van der Waals surface area contributed by atoms with Crippen LogP contribution < -0.4 is 9.46 Å². The number of pyridine rings is 1. The van der Waals surface area contributed by atoms with Gasteiger partial charge in [0.05, 0.1) is 34.8 Å². The van der Waals surface area contributed by atoms with Gasteiger partial charge in [0.15, 0.2) is 0 Å². The summed E-state index contributed by atoms with van der Waals surface area (Å²) in [6.45, 7) is 0. The normalized spacial score (nSPS) is 21.4. The number of sulfonamides is 1. The number of para-hydroxylation sites is 1. The van der Waals surface area contributed by atoms with E-state index in [0.29, 0.717) is 19.3 Å². The molecule has 2 aromatic carbocycles. The van der Waals surface area contributed by atoms with Crippen molar-refractivity contribution in [3.05, 3.63) is 67.0 Å². The lowest BCUT2D eigenvalue weighted by molar-refractivity contribution is -0.274. The first kappa shape index (κ1) is 23.6. The van der Waals surface area contributed by atoms with Crippen molar-refractivity contribution >= 4 is 31.8 Å². The number of halogens is 3. The lowest BCUT2D eigenvalue weighted by Gasteiger charge is -2.36. The average molecular weight is 506 g/mol. The van der Waals surface area contributed by atoms with Gasteiger partial charge in [-0.1, -0.05) is 18.2 Å². The maximum absolute atomic E-state index is 13.0. The van der Waals surface area contributed by atoms with Crippen molar-refractivity contribution in [2.75, 3.05) is 0 Å². The van der Waals surface area contributed by atoms with E-state index >= 15 is 0 Å². The third-order valence-electron chi connectivity index (χ3n) is 6.34. The summed E-state index contributed by atoms with van der Waals surface area (Å²) in [7, 11) is -4.10. The number of alkyl halides is 3. The van der Waals surface area contributed by atoms with Gasteiger partial charge in [0, 0.05) is 22.5 Å². The van der Waals surface area contributed by atoms with Crippen LogP contribution >= 0.6 is 0 Å². The highest BCUT2D eigenvalue weighted by Crippen LogP contribution is 2.38. The number of fused-ring (bicyclic) bond motifs is 3. The van der Waals surface area contributed by atoms with E-state index in [9.17, 15) is 26.7 Å². The lowest BCUT2D eigenvalue weighted by atomic mass is 9.88. The molecule has 0 spiro atoms. The Balaban J connectivity index is 1.42. The number of benzene rings is 2. The number of hydrogen-bond acceptors (Lipinski definition) is 5. The first-order valence-corrected chi connectivity index (χ1v) is 12.5. The number of nitrogens with zero attached hydrogens (tertiary/aromatic N) is 2. The van der Waals surface area contributed by atoms with Gasteiger partial charge in [-0.05, 0) is 55.7 Å². The van der Waals surface area contributed by atoms with Crippen molar-refractivity contribution in [3.8, 4) is 5.75 Å². The molecule has 3 atom stereocenters. The Morgan fingerprint density at radius 3 is 2.46 bits per heavy atom. The second-order valence-corrected chi connectivity index (χ2v) is 10.2. The maximum atomic E-state index is 13.0. The molecule has 4 aromatic rings. The Bertz CT molecular complexity index is 1420. The molecule has 2 N–H and O–H groups in total. The third kappa shape index (κ3) is 4.58. The molecule has 1 aliphatic rings. The molecule has 0 aliphatic heterocycles. The van der Waals surface area contributed by atoms with Crippen LogP contribution in [0.15, 0.2) is 71.9 Å². The van der Waals surface area contributed by atoms with Crippen LogP contribution in [0.2, 0.25) is 0 Å². The summed E-state index contributed by atoms with van der Waals surface area (Å²) < 4.78 is 71.5. The second kappa shape index (κ2) is 8.81. The molecule has 35 heavy (non-hydrogen) atoms. The third-order valence-corrected chi connectivity index (χ3v) is 7.85. The monoisotopic (exact) mass is 505 g/mol.